The Kier molecular flexibility index (Phi) is 9.72. The van der Waals surface area contributed by atoms with E-state index in [0.29, 0.717) is 41.6 Å². The van der Waals surface area contributed by atoms with Crippen molar-refractivity contribution in [2.45, 2.75) is 63.3 Å². The van der Waals surface area contributed by atoms with E-state index in [1.165, 1.54) is 0 Å². The Balaban J connectivity index is 1.84. The number of unbranched alkanes of at least 4 members (excludes halogenated alkanes) is 1. The quantitative estimate of drug-likeness (QED) is 0.307. The lowest BCUT2D eigenvalue weighted by atomic mass is 9.80. The topological polar surface area (TPSA) is 107 Å². The number of hydrogen-bond acceptors (Lipinski definition) is 5. The molecule has 0 radical (unpaired) electrons. The van der Waals surface area contributed by atoms with E-state index in [2.05, 4.69) is 4.90 Å². The maximum Gasteiger partial charge on any atom is 0.451 e. The molecule has 0 aromatic heterocycles. The Morgan fingerprint density at radius 3 is 2.66 bits per heavy atom. The van der Waals surface area contributed by atoms with Crippen LogP contribution in [0.5, 0.6) is 0 Å². The van der Waals surface area contributed by atoms with Crippen LogP contribution in [0.1, 0.15) is 50.5 Å². The first-order valence-corrected chi connectivity index (χ1v) is 11.0. The second-order valence-electron chi connectivity index (χ2n) is 8.22. The first-order chi connectivity index (χ1) is 13.7. The summed E-state index contributed by atoms with van der Waals surface area (Å²) in [5.41, 5.74) is 6.06. The Hall–Kier alpha value is -0.825. The summed E-state index contributed by atoms with van der Waals surface area (Å²) in [6.07, 6.45) is 5.03. The fourth-order valence-corrected chi connectivity index (χ4v) is 4.32. The van der Waals surface area contributed by atoms with Gasteiger partial charge in [0.1, 0.15) is 5.54 Å². The third-order valence-corrected chi connectivity index (χ3v) is 6.49. The monoisotopic (exact) mass is 444 g/mol. The molecule has 2 rings (SSSR count). The zero-order valence-electron chi connectivity index (χ0n) is 16.7. The van der Waals surface area contributed by atoms with Crippen LogP contribution in [0.15, 0.2) is 18.2 Å². The highest BCUT2D eigenvalue weighted by Crippen LogP contribution is 2.28. The third-order valence-electron chi connectivity index (χ3n) is 5.75. The van der Waals surface area contributed by atoms with E-state index in [4.69, 9.17) is 39.0 Å². The number of piperidine rings is 1. The number of nitrogens with two attached hydrogens (primary N) is 1. The molecule has 1 aromatic carbocycles. The van der Waals surface area contributed by atoms with Crippen molar-refractivity contribution in [2.24, 2.45) is 11.7 Å². The number of carboxylic acid groups (broad SMARTS) is 1. The summed E-state index contributed by atoms with van der Waals surface area (Å²) in [6, 6.07) is 5.69. The Labute approximate surface area is 183 Å². The lowest BCUT2D eigenvalue weighted by Gasteiger charge is -2.34. The molecule has 1 aromatic rings. The maximum absolute atomic E-state index is 11.7. The highest BCUT2D eigenvalue weighted by molar-refractivity contribution is 6.42. The van der Waals surface area contributed by atoms with Crippen LogP contribution in [0.25, 0.3) is 0 Å². The average molecular weight is 445 g/mol. The van der Waals surface area contributed by atoms with Gasteiger partial charge in [-0.05, 0) is 68.6 Å². The van der Waals surface area contributed by atoms with Gasteiger partial charge in [0.05, 0.1) is 10.0 Å². The summed E-state index contributed by atoms with van der Waals surface area (Å²) in [6.45, 7) is 2.71. The molecule has 29 heavy (non-hydrogen) atoms. The lowest BCUT2D eigenvalue weighted by molar-refractivity contribution is -0.144. The third kappa shape index (κ3) is 8.08. The Bertz CT molecular complexity index is 680. The largest absolute Gasteiger partial charge is 0.480 e. The number of nitrogens with zero attached hydrogens (tertiary/aromatic N) is 1. The van der Waals surface area contributed by atoms with Crippen molar-refractivity contribution in [1.82, 2.24) is 4.90 Å². The number of carbonyl (C=O) groups is 1. The smallest absolute Gasteiger partial charge is 0.451 e. The van der Waals surface area contributed by atoms with Crippen molar-refractivity contribution in [2.75, 3.05) is 13.1 Å². The summed E-state index contributed by atoms with van der Waals surface area (Å²) in [5.74, 6) is -0.571. The number of aliphatic carboxylic acids is 1. The molecule has 5 N–H and O–H groups in total. The number of halogens is 2. The van der Waals surface area contributed by atoms with E-state index < -0.39 is 18.6 Å². The second-order valence-corrected chi connectivity index (χ2v) is 9.03. The molecule has 162 valence electrons. The van der Waals surface area contributed by atoms with Crippen LogP contribution in [0.3, 0.4) is 0 Å². The van der Waals surface area contributed by atoms with E-state index in [0.717, 1.165) is 44.5 Å². The maximum atomic E-state index is 11.7. The molecule has 2 unspecified atom stereocenters. The lowest BCUT2D eigenvalue weighted by Crippen LogP contribution is -2.48. The molecular formula is C20H31BCl2N2O4. The van der Waals surface area contributed by atoms with Gasteiger partial charge in [-0.1, -0.05) is 42.1 Å². The fourth-order valence-electron chi connectivity index (χ4n) is 3.99. The molecule has 0 saturated carbocycles. The first kappa shape index (κ1) is 24.4. The first-order valence-electron chi connectivity index (χ1n) is 10.2. The molecule has 0 bridgehead atoms. The van der Waals surface area contributed by atoms with Crippen molar-refractivity contribution in [3.63, 3.8) is 0 Å². The number of carboxylic acids is 1. The number of benzene rings is 1. The zero-order chi connectivity index (χ0) is 21.4. The van der Waals surface area contributed by atoms with Gasteiger partial charge >= 0.3 is 13.1 Å². The minimum Gasteiger partial charge on any atom is -0.480 e. The highest BCUT2D eigenvalue weighted by atomic mass is 35.5. The molecule has 1 aliphatic heterocycles. The van der Waals surface area contributed by atoms with Crippen LogP contribution < -0.4 is 5.73 Å². The fraction of sp³-hybridized carbons (Fsp3) is 0.650. The molecular weight excluding hydrogens is 414 g/mol. The summed E-state index contributed by atoms with van der Waals surface area (Å²) >= 11 is 12.1. The van der Waals surface area contributed by atoms with Crippen LogP contribution >= 0.6 is 23.2 Å². The minimum atomic E-state index is -1.35. The number of likely N-dealkylation sites (tertiary alicyclic amines) is 1. The molecule has 0 amide bonds. The van der Waals surface area contributed by atoms with Crippen LogP contribution in [0.2, 0.25) is 16.4 Å². The summed E-state index contributed by atoms with van der Waals surface area (Å²) in [7, 11) is -1.35. The van der Waals surface area contributed by atoms with Gasteiger partial charge in [-0.25, -0.2) is 0 Å². The standard InChI is InChI=1S/C20H31BCl2N2O4/c22-17-6-5-16(12-18(17)23)14-25-11-3-4-15(13-25)7-9-20(24,19(26)27)8-1-2-10-21(28)29/h5-6,12,15,28-29H,1-4,7-11,13-14,24H2,(H,26,27). The molecule has 9 heteroatoms. The van der Waals surface area contributed by atoms with Crippen LogP contribution in [-0.4, -0.2) is 51.8 Å². The van der Waals surface area contributed by atoms with E-state index in [1.54, 1.807) is 0 Å². The van der Waals surface area contributed by atoms with Crippen molar-refractivity contribution >= 4 is 36.3 Å². The molecule has 0 spiro atoms. The van der Waals surface area contributed by atoms with Crippen LogP contribution in [-0.2, 0) is 11.3 Å². The van der Waals surface area contributed by atoms with E-state index in [1.807, 2.05) is 18.2 Å². The molecule has 2 atom stereocenters. The second kappa shape index (κ2) is 11.5. The molecule has 1 aliphatic rings. The van der Waals surface area contributed by atoms with Gasteiger partial charge in [0.25, 0.3) is 0 Å². The Morgan fingerprint density at radius 2 is 2.00 bits per heavy atom. The van der Waals surface area contributed by atoms with Gasteiger partial charge in [0.2, 0.25) is 0 Å². The molecule has 0 aliphatic carbocycles. The minimum absolute atomic E-state index is 0.238. The zero-order valence-corrected chi connectivity index (χ0v) is 18.2. The predicted molar refractivity (Wildman–Crippen MR) is 117 cm³/mol. The Morgan fingerprint density at radius 1 is 1.24 bits per heavy atom. The van der Waals surface area contributed by atoms with Gasteiger partial charge in [-0.3, -0.25) is 9.69 Å². The van der Waals surface area contributed by atoms with E-state index in [-0.39, 0.29) is 6.32 Å². The van der Waals surface area contributed by atoms with Gasteiger partial charge in [0.15, 0.2) is 0 Å². The van der Waals surface area contributed by atoms with Gasteiger partial charge < -0.3 is 20.9 Å². The van der Waals surface area contributed by atoms with Gasteiger partial charge in [0, 0.05) is 13.1 Å². The average Bonchev–Trinajstić information content (AvgIpc) is 2.67. The van der Waals surface area contributed by atoms with Crippen molar-refractivity contribution in [3.05, 3.63) is 33.8 Å². The molecule has 1 fully saturated rings. The SMILES string of the molecule is NC(CCCCB(O)O)(CCC1CCCN(Cc2ccc(Cl)c(Cl)c2)C1)C(=O)O. The van der Waals surface area contributed by atoms with E-state index >= 15 is 0 Å². The number of rotatable bonds is 11. The van der Waals surface area contributed by atoms with Crippen LogP contribution in [0.4, 0.5) is 0 Å². The van der Waals surface area contributed by atoms with Gasteiger partial charge in [-0.15, -0.1) is 0 Å². The highest BCUT2D eigenvalue weighted by Gasteiger charge is 2.34. The number of hydrogen-bond donors (Lipinski definition) is 4. The van der Waals surface area contributed by atoms with E-state index in [9.17, 15) is 9.90 Å². The van der Waals surface area contributed by atoms with Crippen molar-refractivity contribution in [3.8, 4) is 0 Å². The molecule has 1 saturated heterocycles. The molecule has 6 nitrogen and oxygen atoms in total. The van der Waals surface area contributed by atoms with Crippen molar-refractivity contribution < 1.29 is 19.9 Å². The normalized spacial score (nSPS) is 19.7. The predicted octanol–water partition coefficient (Wildman–Crippen LogP) is 3.41. The van der Waals surface area contributed by atoms with Gasteiger partial charge in [-0.2, -0.15) is 0 Å². The summed E-state index contributed by atoms with van der Waals surface area (Å²) in [5, 5.41) is 28.5. The van der Waals surface area contributed by atoms with Crippen molar-refractivity contribution in [1.29, 1.82) is 0 Å². The molecule has 1 heterocycles. The summed E-state index contributed by atoms with van der Waals surface area (Å²) in [4.78, 5) is 14.1. The van der Waals surface area contributed by atoms with Crippen LogP contribution in [0, 0.1) is 5.92 Å². The summed E-state index contributed by atoms with van der Waals surface area (Å²) < 4.78 is 0.